The third kappa shape index (κ3) is 3.14. The third-order valence-corrected chi connectivity index (χ3v) is 3.78. The van der Waals surface area contributed by atoms with Crippen molar-refractivity contribution in [2.45, 2.75) is 13.0 Å². The zero-order valence-electron chi connectivity index (χ0n) is 11.6. The summed E-state index contributed by atoms with van der Waals surface area (Å²) in [6.45, 7) is 2.58. The largest absolute Gasteiger partial charge is 0.497 e. The maximum absolute atomic E-state index is 6.39. The summed E-state index contributed by atoms with van der Waals surface area (Å²) in [7, 11) is 1.64. The van der Waals surface area contributed by atoms with E-state index in [9.17, 15) is 0 Å². The number of hydrogen-bond donors (Lipinski definition) is 1. The van der Waals surface area contributed by atoms with E-state index in [1.807, 2.05) is 49.4 Å². The van der Waals surface area contributed by atoms with Crippen molar-refractivity contribution in [2.24, 2.45) is 5.73 Å². The van der Waals surface area contributed by atoms with E-state index in [1.54, 1.807) is 7.11 Å². The fourth-order valence-electron chi connectivity index (χ4n) is 2.08. The molecular weight excluding hydrogens is 318 g/mol. The molecule has 20 heavy (non-hydrogen) atoms. The number of halogens is 1. The Morgan fingerprint density at radius 2 is 1.90 bits per heavy atom. The lowest BCUT2D eigenvalue weighted by Crippen LogP contribution is -2.14. The summed E-state index contributed by atoms with van der Waals surface area (Å²) >= 11 is 3.55. The van der Waals surface area contributed by atoms with E-state index < -0.39 is 0 Å². The molecule has 0 amide bonds. The molecule has 2 rings (SSSR count). The Bertz CT molecular complexity index is 586. The number of para-hydroxylation sites is 1. The minimum absolute atomic E-state index is 0.252. The quantitative estimate of drug-likeness (QED) is 0.900. The Balaban J connectivity index is 2.38. The molecule has 0 heterocycles. The molecule has 2 aromatic carbocycles. The molecule has 0 spiro atoms. The van der Waals surface area contributed by atoms with E-state index in [0.29, 0.717) is 6.61 Å². The molecule has 0 aromatic heterocycles. The standard InChI is InChI=1S/C16H18BrNO2/c1-3-20-15-7-5-4-6-13(15)16(18)12-9-8-11(19-2)10-14(12)17/h4-10,16H,3,18H2,1-2H3. The smallest absolute Gasteiger partial charge is 0.124 e. The van der Waals surface area contributed by atoms with Gasteiger partial charge in [-0.3, -0.25) is 0 Å². The van der Waals surface area contributed by atoms with Gasteiger partial charge in [0.15, 0.2) is 0 Å². The van der Waals surface area contributed by atoms with E-state index in [4.69, 9.17) is 15.2 Å². The zero-order chi connectivity index (χ0) is 14.5. The average molecular weight is 336 g/mol. The van der Waals surface area contributed by atoms with E-state index in [-0.39, 0.29) is 6.04 Å². The molecule has 4 heteroatoms. The van der Waals surface area contributed by atoms with Crippen LogP contribution in [0.4, 0.5) is 0 Å². The van der Waals surface area contributed by atoms with E-state index >= 15 is 0 Å². The topological polar surface area (TPSA) is 44.5 Å². The lowest BCUT2D eigenvalue weighted by atomic mass is 9.98. The molecule has 0 aliphatic heterocycles. The molecule has 0 radical (unpaired) electrons. The molecule has 0 fully saturated rings. The van der Waals surface area contributed by atoms with Gasteiger partial charge in [0.2, 0.25) is 0 Å². The van der Waals surface area contributed by atoms with Gasteiger partial charge in [-0.25, -0.2) is 0 Å². The van der Waals surface area contributed by atoms with Gasteiger partial charge in [-0.1, -0.05) is 40.2 Å². The molecule has 2 N–H and O–H groups in total. The highest BCUT2D eigenvalue weighted by Crippen LogP contribution is 2.33. The molecule has 0 bridgehead atoms. The highest BCUT2D eigenvalue weighted by Gasteiger charge is 2.16. The average Bonchev–Trinajstić information content (AvgIpc) is 2.47. The molecular formula is C16H18BrNO2. The van der Waals surface area contributed by atoms with Gasteiger partial charge in [0, 0.05) is 10.0 Å². The lowest BCUT2D eigenvalue weighted by Gasteiger charge is -2.18. The summed E-state index contributed by atoms with van der Waals surface area (Å²) < 4.78 is 11.8. The Hall–Kier alpha value is -1.52. The Morgan fingerprint density at radius 1 is 1.15 bits per heavy atom. The van der Waals surface area contributed by atoms with Gasteiger partial charge in [-0.15, -0.1) is 0 Å². The van der Waals surface area contributed by atoms with Crippen molar-refractivity contribution in [3.05, 3.63) is 58.1 Å². The zero-order valence-corrected chi connectivity index (χ0v) is 13.2. The highest BCUT2D eigenvalue weighted by atomic mass is 79.9. The van der Waals surface area contributed by atoms with Gasteiger partial charge >= 0.3 is 0 Å². The fourth-order valence-corrected chi connectivity index (χ4v) is 2.68. The van der Waals surface area contributed by atoms with Gasteiger partial charge < -0.3 is 15.2 Å². The SMILES string of the molecule is CCOc1ccccc1C(N)c1ccc(OC)cc1Br. The predicted octanol–water partition coefficient (Wildman–Crippen LogP) is 3.90. The normalized spacial score (nSPS) is 12.0. The van der Waals surface area contributed by atoms with Gasteiger partial charge in [-0.05, 0) is 30.7 Å². The van der Waals surface area contributed by atoms with Gasteiger partial charge in [0.05, 0.1) is 19.8 Å². The van der Waals surface area contributed by atoms with Crippen molar-refractivity contribution >= 4 is 15.9 Å². The van der Waals surface area contributed by atoms with Crippen LogP contribution in [0.15, 0.2) is 46.9 Å². The van der Waals surface area contributed by atoms with Crippen LogP contribution in [0.3, 0.4) is 0 Å². The Kier molecular flexibility index (Phi) is 5.04. The van der Waals surface area contributed by atoms with Crippen LogP contribution in [0.5, 0.6) is 11.5 Å². The van der Waals surface area contributed by atoms with Crippen molar-refractivity contribution in [3.8, 4) is 11.5 Å². The van der Waals surface area contributed by atoms with Crippen molar-refractivity contribution in [2.75, 3.05) is 13.7 Å². The summed E-state index contributed by atoms with van der Waals surface area (Å²) in [5, 5.41) is 0. The van der Waals surface area contributed by atoms with Crippen LogP contribution >= 0.6 is 15.9 Å². The first-order valence-corrected chi connectivity index (χ1v) is 7.27. The molecule has 1 atom stereocenters. The van der Waals surface area contributed by atoms with Crippen molar-refractivity contribution in [1.82, 2.24) is 0 Å². The molecule has 0 aliphatic carbocycles. The predicted molar refractivity (Wildman–Crippen MR) is 84.3 cm³/mol. The summed E-state index contributed by atoms with van der Waals surface area (Å²) in [4.78, 5) is 0. The van der Waals surface area contributed by atoms with Crippen LogP contribution in [0.2, 0.25) is 0 Å². The Labute approximate surface area is 127 Å². The first kappa shape index (κ1) is 14.9. The maximum atomic E-state index is 6.39. The fraction of sp³-hybridized carbons (Fsp3) is 0.250. The van der Waals surface area contributed by atoms with Crippen LogP contribution in [0.1, 0.15) is 24.1 Å². The molecule has 106 valence electrons. The van der Waals surface area contributed by atoms with Crippen LogP contribution in [0, 0.1) is 0 Å². The number of nitrogens with two attached hydrogens (primary N) is 1. The van der Waals surface area contributed by atoms with Crippen molar-refractivity contribution in [3.63, 3.8) is 0 Å². The number of rotatable bonds is 5. The van der Waals surface area contributed by atoms with Crippen molar-refractivity contribution in [1.29, 1.82) is 0 Å². The van der Waals surface area contributed by atoms with Crippen LogP contribution in [-0.4, -0.2) is 13.7 Å². The third-order valence-electron chi connectivity index (χ3n) is 3.10. The monoisotopic (exact) mass is 335 g/mol. The highest BCUT2D eigenvalue weighted by molar-refractivity contribution is 9.10. The first-order chi connectivity index (χ1) is 9.67. The summed E-state index contributed by atoms with van der Waals surface area (Å²) in [6, 6.07) is 13.4. The first-order valence-electron chi connectivity index (χ1n) is 6.48. The molecule has 0 saturated heterocycles. The summed E-state index contributed by atoms with van der Waals surface area (Å²) in [5.74, 6) is 1.62. The second-order valence-corrected chi connectivity index (χ2v) is 5.19. The van der Waals surface area contributed by atoms with Crippen LogP contribution in [0.25, 0.3) is 0 Å². The number of hydrogen-bond acceptors (Lipinski definition) is 3. The number of benzene rings is 2. The van der Waals surface area contributed by atoms with E-state index in [0.717, 1.165) is 27.1 Å². The molecule has 0 aliphatic rings. The van der Waals surface area contributed by atoms with Crippen LogP contribution in [-0.2, 0) is 0 Å². The second-order valence-electron chi connectivity index (χ2n) is 4.34. The van der Waals surface area contributed by atoms with Gasteiger partial charge in [0.1, 0.15) is 11.5 Å². The maximum Gasteiger partial charge on any atom is 0.124 e. The van der Waals surface area contributed by atoms with E-state index in [1.165, 1.54) is 0 Å². The van der Waals surface area contributed by atoms with E-state index in [2.05, 4.69) is 15.9 Å². The van der Waals surface area contributed by atoms with Crippen LogP contribution < -0.4 is 15.2 Å². The molecule has 1 unspecified atom stereocenters. The summed E-state index contributed by atoms with van der Waals surface area (Å²) in [5.41, 5.74) is 8.36. The molecule has 2 aromatic rings. The second kappa shape index (κ2) is 6.77. The minimum atomic E-state index is -0.252. The van der Waals surface area contributed by atoms with Crippen molar-refractivity contribution < 1.29 is 9.47 Å². The molecule has 3 nitrogen and oxygen atoms in total. The van der Waals surface area contributed by atoms with Gasteiger partial charge in [-0.2, -0.15) is 0 Å². The lowest BCUT2D eigenvalue weighted by molar-refractivity contribution is 0.335. The summed E-state index contributed by atoms with van der Waals surface area (Å²) in [6.07, 6.45) is 0. The number of methoxy groups -OCH3 is 1. The minimum Gasteiger partial charge on any atom is -0.497 e. The Morgan fingerprint density at radius 3 is 2.55 bits per heavy atom. The number of ether oxygens (including phenoxy) is 2. The van der Waals surface area contributed by atoms with Gasteiger partial charge in [0.25, 0.3) is 0 Å². The molecule has 0 saturated carbocycles.